The standard InChI is InChI=1S/C29H32N2O6S/c1-4-36-28(29(32)33)20-23-10-12-24(13-11-23)37-19-18-30-22(3)9-16-26(30)27-6-5-17-31(27)38(34,35)25-14-7-21(2)8-15-25/h5-17,28H,4,18-20H2,1-3H3,(H,32,33). The summed E-state index contributed by atoms with van der Waals surface area (Å²) in [7, 11) is -3.76. The molecule has 4 aromatic rings. The molecule has 0 saturated carbocycles. The first-order chi connectivity index (χ1) is 18.2. The van der Waals surface area contributed by atoms with Crippen molar-refractivity contribution in [2.24, 2.45) is 0 Å². The summed E-state index contributed by atoms with van der Waals surface area (Å²) < 4.78 is 41.3. The zero-order chi connectivity index (χ0) is 27.3. The lowest BCUT2D eigenvalue weighted by Gasteiger charge is -2.16. The second-order valence-corrected chi connectivity index (χ2v) is 10.8. The van der Waals surface area contributed by atoms with Crippen LogP contribution in [0.15, 0.2) is 83.9 Å². The van der Waals surface area contributed by atoms with Crippen LogP contribution < -0.4 is 4.74 Å². The number of nitrogens with zero attached hydrogens (tertiary/aromatic N) is 2. The van der Waals surface area contributed by atoms with E-state index in [-0.39, 0.29) is 11.3 Å². The fraction of sp³-hybridized carbons (Fsp3) is 0.276. The van der Waals surface area contributed by atoms with Crippen LogP contribution in [0.5, 0.6) is 5.75 Å². The van der Waals surface area contributed by atoms with Gasteiger partial charge in [-0.3, -0.25) is 0 Å². The van der Waals surface area contributed by atoms with Gasteiger partial charge in [-0.25, -0.2) is 17.2 Å². The molecule has 0 aliphatic carbocycles. The minimum atomic E-state index is -3.76. The maximum Gasteiger partial charge on any atom is 0.333 e. The molecule has 1 N–H and O–H groups in total. The number of carboxylic acids is 1. The third kappa shape index (κ3) is 6.00. The van der Waals surface area contributed by atoms with Crippen LogP contribution in [0.4, 0.5) is 0 Å². The molecule has 8 nitrogen and oxygen atoms in total. The van der Waals surface area contributed by atoms with Crippen LogP contribution in [0.25, 0.3) is 11.4 Å². The van der Waals surface area contributed by atoms with E-state index in [1.807, 2.05) is 54.8 Å². The van der Waals surface area contributed by atoms with Gasteiger partial charge in [-0.05, 0) is 74.9 Å². The van der Waals surface area contributed by atoms with Crippen molar-refractivity contribution < 1.29 is 27.8 Å². The first kappa shape index (κ1) is 27.2. The van der Waals surface area contributed by atoms with Gasteiger partial charge in [0.2, 0.25) is 0 Å². The molecule has 200 valence electrons. The van der Waals surface area contributed by atoms with Crippen LogP contribution in [-0.4, -0.2) is 47.4 Å². The number of hydrogen-bond acceptors (Lipinski definition) is 5. The number of aliphatic carboxylic acids is 1. The summed E-state index contributed by atoms with van der Waals surface area (Å²) in [5, 5.41) is 9.28. The second kappa shape index (κ2) is 11.7. The summed E-state index contributed by atoms with van der Waals surface area (Å²) in [5.41, 5.74) is 4.17. The van der Waals surface area contributed by atoms with Gasteiger partial charge in [0.25, 0.3) is 10.0 Å². The number of carbonyl (C=O) groups is 1. The van der Waals surface area contributed by atoms with E-state index in [0.717, 1.165) is 22.5 Å². The molecule has 0 aliphatic rings. The lowest BCUT2D eigenvalue weighted by molar-refractivity contribution is -0.149. The molecule has 0 spiro atoms. The molecular formula is C29H32N2O6S. The zero-order valence-electron chi connectivity index (χ0n) is 21.7. The Bertz CT molecular complexity index is 1480. The van der Waals surface area contributed by atoms with Gasteiger partial charge in [-0.15, -0.1) is 0 Å². The quantitative estimate of drug-likeness (QED) is 0.276. The van der Waals surface area contributed by atoms with Crippen molar-refractivity contribution in [1.82, 2.24) is 8.54 Å². The third-order valence-electron chi connectivity index (χ3n) is 6.32. The SMILES string of the molecule is CCOC(Cc1ccc(OCCn2c(C)ccc2-c2cccn2S(=O)(=O)c2ccc(C)cc2)cc1)C(=O)O. The van der Waals surface area contributed by atoms with Crippen LogP contribution in [0.2, 0.25) is 0 Å². The molecule has 0 aliphatic heterocycles. The Kier molecular flexibility index (Phi) is 8.38. The van der Waals surface area contributed by atoms with Crippen LogP contribution in [0.1, 0.15) is 23.7 Å². The molecule has 2 heterocycles. The lowest BCUT2D eigenvalue weighted by atomic mass is 10.1. The van der Waals surface area contributed by atoms with Gasteiger partial charge in [0, 0.05) is 24.9 Å². The van der Waals surface area contributed by atoms with E-state index < -0.39 is 22.1 Å². The van der Waals surface area contributed by atoms with Gasteiger partial charge < -0.3 is 19.1 Å². The van der Waals surface area contributed by atoms with Crippen LogP contribution >= 0.6 is 0 Å². The summed E-state index contributed by atoms with van der Waals surface area (Å²) in [6.07, 6.45) is 0.964. The summed E-state index contributed by atoms with van der Waals surface area (Å²) in [5.74, 6) is -0.323. The minimum absolute atomic E-state index is 0.234. The molecule has 2 aromatic carbocycles. The largest absolute Gasteiger partial charge is 0.492 e. The predicted octanol–water partition coefficient (Wildman–Crippen LogP) is 4.92. The predicted molar refractivity (Wildman–Crippen MR) is 145 cm³/mol. The van der Waals surface area contributed by atoms with Crippen molar-refractivity contribution >= 4 is 16.0 Å². The Labute approximate surface area is 223 Å². The van der Waals surface area contributed by atoms with E-state index in [9.17, 15) is 18.3 Å². The molecule has 0 bridgehead atoms. The molecule has 2 aromatic heterocycles. The molecule has 1 unspecified atom stereocenters. The molecule has 38 heavy (non-hydrogen) atoms. The highest BCUT2D eigenvalue weighted by Crippen LogP contribution is 2.27. The van der Waals surface area contributed by atoms with Crippen LogP contribution in [0.3, 0.4) is 0 Å². The average molecular weight is 537 g/mol. The second-order valence-electron chi connectivity index (χ2n) is 9.00. The van der Waals surface area contributed by atoms with E-state index in [2.05, 4.69) is 0 Å². The number of ether oxygens (including phenoxy) is 2. The molecular weight excluding hydrogens is 504 g/mol. The molecule has 4 rings (SSSR count). The van der Waals surface area contributed by atoms with E-state index in [0.29, 0.717) is 31.2 Å². The van der Waals surface area contributed by atoms with Crippen molar-refractivity contribution in [3.63, 3.8) is 0 Å². The number of aromatic nitrogens is 2. The Morgan fingerprint density at radius 2 is 1.66 bits per heavy atom. The fourth-order valence-corrected chi connectivity index (χ4v) is 5.65. The van der Waals surface area contributed by atoms with Crippen molar-refractivity contribution in [2.45, 2.75) is 44.7 Å². The van der Waals surface area contributed by atoms with Crippen LogP contribution in [-0.2, 0) is 32.5 Å². The number of carboxylic acid groups (broad SMARTS) is 1. The fourth-order valence-electron chi connectivity index (χ4n) is 4.30. The smallest absolute Gasteiger partial charge is 0.333 e. The zero-order valence-corrected chi connectivity index (χ0v) is 22.5. The summed E-state index contributed by atoms with van der Waals surface area (Å²) in [6.45, 7) is 6.87. The molecule has 0 saturated heterocycles. The first-order valence-electron chi connectivity index (χ1n) is 12.4. The molecule has 1 atom stereocenters. The van der Waals surface area contributed by atoms with E-state index in [4.69, 9.17) is 9.47 Å². The summed E-state index contributed by atoms with van der Waals surface area (Å²) in [6, 6.07) is 21.5. The Morgan fingerprint density at radius 3 is 2.32 bits per heavy atom. The highest BCUT2D eigenvalue weighted by molar-refractivity contribution is 7.90. The number of benzene rings is 2. The lowest BCUT2D eigenvalue weighted by Crippen LogP contribution is -2.26. The minimum Gasteiger partial charge on any atom is -0.492 e. The molecule has 0 amide bonds. The van der Waals surface area contributed by atoms with Crippen LogP contribution in [0, 0.1) is 13.8 Å². The molecule has 0 fully saturated rings. The van der Waals surface area contributed by atoms with Gasteiger partial charge >= 0.3 is 5.97 Å². The number of hydrogen-bond donors (Lipinski definition) is 1. The van der Waals surface area contributed by atoms with Gasteiger partial charge in [0.05, 0.1) is 22.8 Å². The highest BCUT2D eigenvalue weighted by atomic mass is 32.2. The van der Waals surface area contributed by atoms with Gasteiger partial charge in [-0.1, -0.05) is 29.8 Å². The van der Waals surface area contributed by atoms with Gasteiger partial charge in [0.1, 0.15) is 12.4 Å². The molecule has 9 heteroatoms. The highest BCUT2D eigenvalue weighted by Gasteiger charge is 2.22. The maximum absolute atomic E-state index is 13.4. The summed E-state index contributed by atoms with van der Waals surface area (Å²) >= 11 is 0. The van der Waals surface area contributed by atoms with Crippen molar-refractivity contribution in [2.75, 3.05) is 13.2 Å². The van der Waals surface area contributed by atoms with Crippen molar-refractivity contribution in [1.29, 1.82) is 0 Å². The Balaban J connectivity index is 1.46. The first-order valence-corrected chi connectivity index (χ1v) is 13.9. The number of rotatable bonds is 12. The van der Waals surface area contributed by atoms with E-state index >= 15 is 0 Å². The van der Waals surface area contributed by atoms with E-state index in [1.165, 1.54) is 3.97 Å². The average Bonchev–Trinajstić information content (AvgIpc) is 3.52. The monoisotopic (exact) mass is 536 g/mol. The number of aryl methyl sites for hydroxylation is 2. The topological polar surface area (TPSA) is 99.8 Å². The third-order valence-corrected chi connectivity index (χ3v) is 8.03. The van der Waals surface area contributed by atoms with Crippen molar-refractivity contribution in [3.8, 4) is 17.1 Å². The van der Waals surface area contributed by atoms with E-state index in [1.54, 1.807) is 49.5 Å². The normalized spacial score (nSPS) is 12.4. The van der Waals surface area contributed by atoms with Gasteiger partial charge in [-0.2, -0.15) is 0 Å². The maximum atomic E-state index is 13.4. The Hall–Kier alpha value is -3.82. The Morgan fingerprint density at radius 1 is 0.947 bits per heavy atom. The van der Waals surface area contributed by atoms with Crippen molar-refractivity contribution in [3.05, 3.63) is 95.8 Å². The van der Waals surface area contributed by atoms with Gasteiger partial charge in [0.15, 0.2) is 6.10 Å². The summed E-state index contributed by atoms with van der Waals surface area (Å²) in [4.78, 5) is 11.6. The molecule has 0 radical (unpaired) electrons.